The van der Waals surface area contributed by atoms with Crippen molar-refractivity contribution in [3.63, 3.8) is 0 Å². The van der Waals surface area contributed by atoms with Crippen LogP contribution in [0.4, 0.5) is 11.4 Å². The second kappa shape index (κ2) is 7.93. The standard InChI is InChI=1S/C27H34N/c1-21(2)25-19-13-14-20-26(25)27(5,6)28(22(3)4,23-15-9-7-10-16-23)24-17-11-8-12-18-24/h7-22H,1-6H3/q+1. The van der Waals surface area contributed by atoms with E-state index in [9.17, 15) is 0 Å². The third kappa shape index (κ3) is 3.18. The van der Waals surface area contributed by atoms with Crippen LogP contribution >= 0.6 is 0 Å². The molecule has 0 aliphatic heterocycles. The molecule has 1 heteroatoms. The van der Waals surface area contributed by atoms with Gasteiger partial charge in [-0.25, -0.2) is 4.48 Å². The molecule has 0 aliphatic rings. The van der Waals surface area contributed by atoms with Crippen molar-refractivity contribution in [1.29, 1.82) is 0 Å². The Hall–Kier alpha value is -2.38. The van der Waals surface area contributed by atoms with E-state index < -0.39 is 0 Å². The average Bonchev–Trinajstić information content (AvgIpc) is 2.69. The van der Waals surface area contributed by atoms with Gasteiger partial charge in [0.2, 0.25) is 0 Å². The quantitative estimate of drug-likeness (QED) is 0.387. The molecular formula is C27H34N+. The zero-order valence-corrected chi connectivity index (χ0v) is 18.2. The molecule has 0 unspecified atom stereocenters. The molecule has 0 spiro atoms. The Bertz CT molecular complexity index is 852. The van der Waals surface area contributed by atoms with Crippen LogP contribution in [0.3, 0.4) is 0 Å². The summed E-state index contributed by atoms with van der Waals surface area (Å²) < 4.78 is 0.776. The molecule has 28 heavy (non-hydrogen) atoms. The van der Waals surface area contributed by atoms with Gasteiger partial charge in [-0.15, -0.1) is 0 Å². The van der Waals surface area contributed by atoms with Crippen LogP contribution in [0.5, 0.6) is 0 Å². The van der Waals surface area contributed by atoms with E-state index in [2.05, 4.69) is 126 Å². The minimum Gasteiger partial charge on any atom is -0.249 e. The minimum absolute atomic E-state index is 0.155. The van der Waals surface area contributed by atoms with E-state index in [4.69, 9.17) is 0 Å². The molecule has 0 aliphatic carbocycles. The Morgan fingerprint density at radius 1 is 0.607 bits per heavy atom. The smallest absolute Gasteiger partial charge is 0.138 e. The SMILES string of the molecule is CC(C)c1ccccc1C(C)(C)[N+](c1ccccc1)(c1ccccc1)C(C)C. The summed E-state index contributed by atoms with van der Waals surface area (Å²) in [5.74, 6) is 0.482. The second-order valence-corrected chi connectivity index (χ2v) is 8.79. The first-order chi connectivity index (χ1) is 13.3. The maximum Gasteiger partial charge on any atom is 0.138 e. The number of benzene rings is 3. The highest BCUT2D eigenvalue weighted by molar-refractivity contribution is 5.63. The lowest BCUT2D eigenvalue weighted by Gasteiger charge is -2.53. The lowest BCUT2D eigenvalue weighted by atomic mass is 9.80. The highest BCUT2D eigenvalue weighted by Crippen LogP contribution is 2.50. The second-order valence-electron chi connectivity index (χ2n) is 8.79. The molecule has 3 aromatic rings. The Morgan fingerprint density at radius 2 is 1.04 bits per heavy atom. The highest BCUT2D eigenvalue weighted by Gasteiger charge is 2.51. The van der Waals surface area contributed by atoms with E-state index in [-0.39, 0.29) is 5.54 Å². The summed E-state index contributed by atoms with van der Waals surface area (Å²) in [6.45, 7) is 14.1. The fraction of sp³-hybridized carbons (Fsp3) is 0.333. The summed E-state index contributed by atoms with van der Waals surface area (Å²) in [6, 6.07) is 31.4. The number of rotatable bonds is 6. The minimum atomic E-state index is -0.155. The molecule has 146 valence electrons. The third-order valence-corrected chi connectivity index (χ3v) is 6.23. The van der Waals surface area contributed by atoms with Crippen molar-refractivity contribution in [2.75, 3.05) is 0 Å². The molecule has 0 atom stereocenters. The monoisotopic (exact) mass is 372 g/mol. The summed E-state index contributed by atoms with van der Waals surface area (Å²) in [4.78, 5) is 0. The van der Waals surface area contributed by atoms with Gasteiger partial charge in [0.05, 0.1) is 6.04 Å². The highest BCUT2D eigenvalue weighted by atomic mass is 15.4. The van der Waals surface area contributed by atoms with Gasteiger partial charge < -0.3 is 0 Å². The fourth-order valence-electron chi connectivity index (χ4n) is 5.11. The molecule has 0 radical (unpaired) electrons. The zero-order valence-electron chi connectivity index (χ0n) is 18.2. The molecule has 0 amide bonds. The van der Waals surface area contributed by atoms with Crippen molar-refractivity contribution in [2.45, 2.75) is 59.0 Å². The molecule has 0 fully saturated rings. The number of hydrogen-bond acceptors (Lipinski definition) is 0. The first-order valence-electron chi connectivity index (χ1n) is 10.4. The number of nitrogens with zero attached hydrogens (tertiary/aromatic N) is 1. The molecular weight excluding hydrogens is 338 g/mol. The van der Waals surface area contributed by atoms with E-state index >= 15 is 0 Å². The zero-order chi connectivity index (χ0) is 20.4. The molecule has 0 heterocycles. The van der Waals surface area contributed by atoms with E-state index in [0.717, 1.165) is 4.48 Å². The normalized spacial score (nSPS) is 12.6. The lowest BCUT2D eigenvalue weighted by molar-refractivity contribution is 0.157. The van der Waals surface area contributed by atoms with Crippen LogP contribution in [0.25, 0.3) is 0 Å². The van der Waals surface area contributed by atoms with Gasteiger partial charge in [-0.2, -0.15) is 0 Å². The van der Waals surface area contributed by atoms with Gasteiger partial charge in [0.25, 0.3) is 0 Å². The Labute approximate surface area is 171 Å². The topological polar surface area (TPSA) is 0 Å². The lowest BCUT2D eigenvalue weighted by Crippen LogP contribution is -2.61. The van der Waals surface area contributed by atoms with Crippen molar-refractivity contribution in [3.8, 4) is 0 Å². The van der Waals surface area contributed by atoms with Crippen molar-refractivity contribution in [3.05, 3.63) is 96.1 Å². The van der Waals surface area contributed by atoms with Gasteiger partial charge in [0.1, 0.15) is 16.9 Å². The van der Waals surface area contributed by atoms with Crippen molar-refractivity contribution in [2.24, 2.45) is 0 Å². The van der Waals surface area contributed by atoms with E-state index in [1.54, 1.807) is 0 Å². The molecule has 1 nitrogen and oxygen atoms in total. The van der Waals surface area contributed by atoms with E-state index in [0.29, 0.717) is 12.0 Å². The first-order valence-corrected chi connectivity index (χ1v) is 10.4. The fourth-order valence-corrected chi connectivity index (χ4v) is 5.11. The Kier molecular flexibility index (Phi) is 5.76. The summed E-state index contributed by atoms with van der Waals surface area (Å²) in [6.07, 6.45) is 0. The molecule has 3 rings (SSSR count). The van der Waals surface area contributed by atoms with E-state index in [1.807, 2.05) is 0 Å². The van der Waals surface area contributed by atoms with Crippen LogP contribution in [0.2, 0.25) is 0 Å². The van der Waals surface area contributed by atoms with Crippen LogP contribution in [0, 0.1) is 0 Å². The summed E-state index contributed by atoms with van der Waals surface area (Å²) in [5, 5.41) is 0. The van der Waals surface area contributed by atoms with Gasteiger partial charge in [-0.3, -0.25) is 0 Å². The number of para-hydroxylation sites is 2. The molecule has 0 saturated heterocycles. The van der Waals surface area contributed by atoms with Crippen LogP contribution in [-0.2, 0) is 5.54 Å². The molecule has 3 aromatic carbocycles. The van der Waals surface area contributed by atoms with Gasteiger partial charge in [0, 0.05) is 5.56 Å². The maximum atomic E-state index is 2.41. The van der Waals surface area contributed by atoms with Crippen molar-refractivity contribution >= 4 is 11.4 Å². The Morgan fingerprint density at radius 3 is 1.46 bits per heavy atom. The van der Waals surface area contributed by atoms with Gasteiger partial charge in [-0.05, 0) is 63.4 Å². The summed E-state index contributed by atoms with van der Waals surface area (Å²) >= 11 is 0. The van der Waals surface area contributed by atoms with Crippen molar-refractivity contribution < 1.29 is 0 Å². The molecule has 0 N–H and O–H groups in total. The number of hydrogen-bond donors (Lipinski definition) is 0. The van der Waals surface area contributed by atoms with Gasteiger partial charge in [-0.1, -0.05) is 74.5 Å². The average molecular weight is 373 g/mol. The van der Waals surface area contributed by atoms with Crippen LogP contribution in [-0.4, -0.2) is 6.04 Å². The summed E-state index contributed by atoms with van der Waals surface area (Å²) in [7, 11) is 0. The van der Waals surface area contributed by atoms with Crippen molar-refractivity contribution in [1.82, 2.24) is 4.48 Å². The predicted molar refractivity (Wildman–Crippen MR) is 123 cm³/mol. The van der Waals surface area contributed by atoms with Crippen LogP contribution < -0.4 is 4.48 Å². The summed E-state index contributed by atoms with van der Waals surface area (Å²) in [5.41, 5.74) is 5.35. The molecule has 0 aromatic heterocycles. The van der Waals surface area contributed by atoms with Gasteiger partial charge >= 0.3 is 0 Å². The van der Waals surface area contributed by atoms with E-state index in [1.165, 1.54) is 22.5 Å². The molecule has 0 saturated carbocycles. The first kappa shape index (κ1) is 20.4. The van der Waals surface area contributed by atoms with Crippen LogP contribution in [0.1, 0.15) is 58.6 Å². The third-order valence-electron chi connectivity index (χ3n) is 6.23. The molecule has 0 bridgehead atoms. The predicted octanol–water partition coefficient (Wildman–Crippen LogP) is 7.79. The number of quaternary nitrogens is 1. The maximum absolute atomic E-state index is 2.41. The van der Waals surface area contributed by atoms with Crippen LogP contribution in [0.15, 0.2) is 84.9 Å². The van der Waals surface area contributed by atoms with Gasteiger partial charge in [0.15, 0.2) is 0 Å². The largest absolute Gasteiger partial charge is 0.249 e. The Balaban J connectivity index is 2.40.